The zero-order valence-electron chi connectivity index (χ0n) is 17.4. The van der Waals surface area contributed by atoms with Gasteiger partial charge in [-0.1, -0.05) is 69.7 Å². The summed E-state index contributed by atoms with van der Waals surface area (Å²) in [6.45, 7) is 11.1. The van der Waals surface area contributed by atoms with Crippen molar-refractivity contribution >= 4 is 5.78 Å². The molecule has 0 N–H and O–H groups in total. The number of rotatable bonds is 6. The van der Waals surface area contributed by atoms with Crippen LogP contribution < -0.4 is 4.74 Å². The summed E-state index contributed by atoms with van der Waals surface area (Å²) in [7, 11) is 0. The summed E-state index contributed by atoms with van der Waals surface area (Å²) in [5.41, 5.74) is 4.61. The van der Waals surface area contributed by atoms with Crippen molar-refractivity contribution in [3.63, 3.8) is 0 Å². The lowest BCUT2D eigenvalue weighted by molar-refractivity contribution is -0.117. The molecule has 2 aromatic carbocycles. The molecule has 0 atom stereocenters. The van der Waals surface area contributed by atoms with Gasteiger partial charge >= 0.3 is 0 Å². The minimum absolute atomic E-state index is 0.0512. The summed E-state index contributed by atoms with van der Waals surface area (Å²) in [4.78, 5) is 12.6. The Labute approximate surface area is 164 Å². The van der Waals surface area contributed by atoms with Crippen LogP contribution in [0.15, 0.2) is 42.5 Å². The number of hydrogen-bond donors (Lipinski definition) is 0. The first kappa shape index (κ1) is 19.7. The zero-order valence-corrected chi connectivity index (χ0v) is 17.4. The maximum absolute atomic E-state index is 12.6. The molecule has 0 aliphatic carbocycles. The highest BCUT2D eigenvalue weighted by Crippen LogP contribution is 2.47. The van der Waals surface area contributed by atoms with E-state index in [1.807, 2.05) is 12.1 Å². The van der Waals surface area contributed by atoms with Gasteiger partial charge in [-0.25, -0.2) is 0 Å². The molecule has 144 valence electrons. The van der Waals surface area contributed by atoms with Crippen LogP contribution in [0.5, 0.6) is 5.75 Å². The van der Waals surface area contributed by atoms with Crippen molar-refractivity contribution in [2.45, 2.75) is 77.7 Å². The van der Waals surface area contributed by atoms with E-state index >= 15 is 0 Å². The molecule has 27 heavy (non-hydrogen) atoms. The van der Waals surface area contributed by atoms with Gasteiger partial charge in [0, 0.05) is 18.4 Å². The molecule has 0 unspecified atom stereocenters. The van der Waals surface area contributed by atoms with Crippen molar-refractivity contribution in [3.8, 4) is 5.75 Å². The molecule has 0 fully saturated rings. The van der Waals surface area contributed by atoms with Crippen molar-refractivity contribution in [1.29, 1.82) is 0 Å². The van der Waals surface area contributed by atoms with E-state index < -0.39 is 0 Å². The fraction of sp³-hybridized carbons (Fsp3) is 0.480. The van der Waals surface area contributed by atoms with Crippen molar-refractivity contribution in [2.75, 3.05) is 0 Å². The summed E-state index contributed by atoms with van der Waals surface area (Å²) in [6.07, 6.45) is 4.02. The SMILES string of the molecule is CCC1(CC)CC(C)(C)c2cc(CC(=O)Cc3ccc(C)cc3)ccc2O1. The van der Waals surface area contributed by atoms with Crippen molar-refractivity contribution < 1.29 is 9.53 Å². The Hall–Kier alpha value is -2.09. The Bertz CT molecular complexity index is 811. The van der Waals surface area contributed by atoms with Gasteiger partial charge in [0.05, 0.1) is 0 Å². The molecule has 0 saturated carbocycles. The molecule has 0 aromatic heterocycles. The molecular formula is C25H32O2. The Morgan fingerprint density at radius 3 is 2.19 bits per heavy atom. The van der Waals surface area contributed by atoms with Gasteiger partial charge in [0.2, 0.25) is 0 Å². The van der Waals surface area contributed by atoms with Gasteiger partial charge in [-0.15, -0.1) is 0 Å². The van der Waals surface area contributed by atoms with Crippen molar-refractivity contribution in [2.24, 2.45) is 0 Å². The van der Waals surface area contributed by atoms with Crippen LogP contribution in [0.4, 0.5) is 0 Å². The third-order valence-electron chi connectivity index (χ3n) is 6.08. The highest BCUT2D eigenvalue weighted by Gasteiger charge is 2.42. The highest BCUT2D eigenvalue weighted by molar-refractivity contribution is 5.83. The maximum atomic E-state index is 12.6. The second-order valence-electron chi connectivity index (χ2n) is 8.76. The third kappa shape index (κ3) is 4.26. The lowest BCUT2D eigenvalue weighted by atomic mass is 9.70. The first-order chi connectivity index (χ1) is 12.8. The van der Waals surface area contributed by atoms with Gasteiger partial charge in [0.25, 0.3) is 0 Å². The van der Waals surface area contributed by atoms with Crippen LogP contribution >= 0.6 is 0 Å². The summed E-state index contributed by atoms with van der Waals surface area (Å²) in [5.74, 6) is 1.24. The summed E-state index contributed by atoms with van der Waals surface area (Å²) < 4.78 is 6.44. The maximum Gasteiger partial charge on any atom is 0.141 e. The molecule has 3 rings (SSSR count). The van der Waals surface area contributed by atoms with Gasteiger partial charge in [0.15, 0.2) is 0 Å². The van der Waals surface area contributed by atoms with E-state index in [0.29, 0.717) is 12.8 Å². The summed E-state index contributed by atoms with van der Waals surface area (Å²) in [6, 6.07) is 14.5. The number of hydrogen-bond acceptors (Lipinski definition) is 2. The first-order valence-electron chi connectivity index (χ1n) is 10.2. The van der Waals surface area contributed by atoms with Crippen LogP contribution in [-0.2, 0) is 23.1 Å². The fourth-order valence-corrected chi connectivity index (χ4v) is 4.34. The zero-order chi connectivity index (χ0) is 19.7. The second kappa shape index (κ2) is 7.50. The number of aryl methyl sites for hydroxylation is 1. The molecule has 2 nitrogen and oxygen atoms in total. The first-order valence-corrected chi connectivity index (χ1v) is 10.2. The smallest absolute Gasteiger partial charge is 0.141 e. The average molecular weight is 365 g/mol. The number of ether oxygens (including phenoxy) is 1. The van der Waals surface area contributed by atoms with Gasteiger partial charge in [-0.05, 0) is 48.8 Å². The number of carbonyl (C=O) groups is 1. The number of fused-ring (bicyclic) bond motifs is 1. The van der Waals surface area contributed by atoms with Gasteiger partial charge in [-0.3, -0.25) is 4.79 Å². The summed E-state index contributed by atoms with van der Waals surface area (Å²) >= 11 is 0. The molecule has 1 heterocycles. The molecule has 0 spiro atoms. The molecule has 0 amide bonds. The molecule has 0 saturated heterocycles. The Kier molecular flexibility index (Phi) is 5.46. The van der Waals surface area contributed by atoms with E-state index in [1.165, 1.54) is 11.1 Å². The van der Waals surface area contributed by atoms with E-state index in [0.717, 1.165) is 36.1 Å². The van der Waals surface area contributed by atoms with Crippen LogP contribution in [0.2, 0.25) is 0 Å². The predicted molar refractivity (Wildman–Crippen MR) is 112 cm³/mol. The topological polar surface area (TPSA) is 26.3 Å². The van der Waals surface area contributed by atoms with Gasteiger partial charge in [0.1, 0.15) is 17.1 Å². The molecule has 0 bridgehead atoms. The van der Waals surface area contributed by atoms with E-state index in [2.05, 4.69) is 65.0 Å². The van der Waals surface area contributed by atoms with Crippen LogP contribution in [-0.4, -0.2) is 11.4 Å². The molecular weight excluding hydrogens is 332 g/mol. The Balaban J connectivity index is 1.78. The van der Waals surface area contributed by atoms with E-state index in [1.54, 1.807) is 0 Å². The second-order valence-corrected chi connectivity index (χ2v) is 8.76. The largest absolute Gasteiger partial charge is 0.487 e. The van der Waals surface area contributed by atoms with Crippen molar-refractivity contribution in [1.82, 2.24) is 0 Å². The number of ketones is 1. The molecule has 1 aliphatic rings. The van der Waals surface area contributed by atoms with Crippen LogP contribution in [0.25, 0.3) is 0 Å². The minimum Gasteiger partial charge on any atom is -0.487 e. The standard InChI is InChI=1S/C25H32O2/c1-6-25(7-2)17-24(4,5)22-16-20(12-13-23(22)27-25)15-21(26)14-19-10-8-18(3)9-11-19/h8-13,16H,6-7,14-15,17H2,1-5H3. The molecule has 0 radical (unpaired) electrons. The van der Waals surface area contributed by atoms with E-state index in [-0.39, 0.29) is 16.8 Å². The highest BCUT2D eigenvalue weighted by atomic mass is 16.5. The Morgan fingerprint density at radius 1 is 0.963 bits per heavy atom. The number of carbonyl (C=O) groups excluding carboxylic acids is 1. The molecule has 2 heteroatoms. The fourth-order valence-electron chi connectivity index (χ4n) is 4.34. The van der Waals surface area contributed by atoms with Crippen LogP contribution in [0.3, 0.4) is 0 Å². The quantitative estimate of drug-likeness (QED) is 0.631. The number of Topliss-reactive ketones (excluding diaryl/α,β-unsaturated/α-hetero) is 1. The van der Waals surface area contributed by atoms with Gasteiger partial charge < -0.3 is 4.74 Å². The summed E-state index contributed by atoms with van der Waals surface area (Å²) in [5, 5.41) is 0. The minimum atomic E-state index is -0.0702. The molecule has 1 aliphatic heterocycles. The monoisotopic (exact) mass is 364 g/mol. The van der Waals surface area contributed by atoms with Gasteiger partial charge in [-0.2, -0.15) is 0 Å². The van der Waals surface area contributed by atoms with E-state index in [4.69, 9.17) is 4.74 Å². The molecule has 2 aromatic rings. The van der Waals surface area contributed by atoms with Crippen molar-refractivity contribution in [3.05, 3.63) is 64.7 Å². The van der Waals surface area contributed by atoms with Crippen LogP contribution in [0.1, 0.15) is 69.2 Å². The third-order valence-corrected chi connectivity index (χ3v) is 6.08. The normalized spacial score (nSPS) is 17.1. The predicted octanol–water partition coefficient (Wildman–Crippen LogP) is 5.97. The Morgan fingerprint density at radius 2 is 1.56 bits per heavy atom. The number of benzene rings is 2. The lowest BCUT2D eigenvalue weighted by Gasteiger charge is -2.45. The lowest BCUT2D eigenvalue weighted by Crippen LogP contribution is -2.45. The van der Waals surface area contributed by atoms with Crippen LogP contribution in [0, 0.1) is 6.92 Å². The van der Waals surface area contributed by atoms with E-state index in [9.17, 15) is 4.79 Å². The average Bonchev–Trinajstić information content (AvgIpc) is 2.63.